The third-order valence-electron chi connectivity index (χ3n) is 6.14. The molecule has 7 nitrogen and oxygen atoms in total. The number of nitrogens with one attached hydrogen (secondary N) is 1. The van der Waals surface area contributed by atoms with E-state index in [1.807, 2.05) is 18.5 Å². The molecule has 2 heterocycles. The van der Waals surface area contributed by atoms with Crippen LogP contribution in [-0.2, 0) is 18.3 Å². The van der Waals surface area contributed by atoms with Crippen molar-refractivity contribution in [3.8, 4) is 0 Å². The van der Waals surface area contributed by atoms with Crippen LogP contribution in [0.15, 0.2) is 29.3 Å². The van der Waals surface area contributed by atoms with Gasteiger partial charge in [0.2, 0.25) is 0 Å². The molecule has 8 heteroatoms. The molecule has 1 saturated carbocycles. The molecule has 2 fully saturated rings. The molecule has 1 aromatic heterocycles. The molecule has 0 spiro atoms. The molecule has 30 heavy (non-hydrogen) atoms. The fourth-order valence-electron chi connectivity index (χ4n) is 4.20. The maximum Gasteiger partial charge on any atom is 0.194 e. The van der Waals surface area contributed by atoms with Gasteiger partial charge in [0.25, 0.3) is 0 Å². The second-order valence-corrected chi connectivity index (χ2v) is 8.15. The summed E-state index contributed by atoms with van der Waals surface area (Å²) in [6.07, 6.45) is 5.09. The van der Waals surface area contributed by atoms with Crippen molar-refractivity contribution >= 4 is 29.9 Å². The number of hydrogen-bond acceptors (Lipinski definition) is 4. The van der Waals surface area contributed by atoms with Gasteiger partial charge in [-0.1, -0.05) is 37.1 Å². The zero-order chi connectivity index (χ0) is 20.2. The highest BCUT2D eigenvalue weighted by molar-refractivity contribution is 14.0. The Hall–Kier alpha value is -1.68. The molecule has 1 saturated heterocycles. The Morgan fingerprint density at radius 2 is 1.97 bits per heavy atom. The maximum atomic E-state index is 6.13. The summed E-state index contributed by atoms with van der Waals surface area (Å²) >= 11 is 0. The standard InChI is InChI=1S/C22H32N6O.HI/c1-16-8-4-7-11-19(16)20-15-28(12-13-29-20)22(24-18-9-5-6-10-18)23-14-21-26-25-17(2)27(21)3;/h4,7-8,11,18,20H,5-6,9-10,12-15H2,1-3H3,(H,23,24);1H. The number of nitrogens with zero attached hydrogens (tertiary/aromatic N) is 5. The van der Waals surface area contributed by atoms with E-state index < -0.39 is 0 Å². The van der Waals surface area contributed by atoms with Crippen LogP contribution in [-0.4, -0.2) is 51.4 Å². The molecule has 1 N–H and O–H groups in total. The molecule has 4 rings (SSSR count). The summed E-state index contributed by atoms with van der Waals surface area (Å²) in [5.41, 5.74) is 2.54. The van der Waals surface area contributed by atoms with Crippen molar-refractivity contribution in [2.75, 3.05) is 19.7 Å². The lowest BCUT2D eigenvalue weighted by Crippen LogP contribution is -2.50. The minimum atomic E-state index is 0. The fourth-order valence-corrected chi connectivity index (χ4v) is 4.20. The minimum Gasteiger partial charge on any atom is -0.370 e. The van der Waals surface area contributed by atoms with Crippen LogP contribution < -0.4 is 5.32 Å². The van der Waals surface area contributed by atoms with Crippen molar-refractivity contribution in [1.82, 2.24) is 25.0 Å². The van der Waals surface area contributed by atoms with E-state index in [-0.39, 0.29) is 30.1 Å². The van der Waals surface area contributed by atoms with Crippen molar-refractivity contribution in [2.24, 2.45) is 12.0 Å². The number of hydrogen-bond donors (Lipinski definition) is 1. The first-order valence-electron chi connectivity index (χ1n) is 10.7. The number of guanidine groups is 1. The highest BCUT2D eigenvalue weighted by atomic mass is 127. The summed E-state index contributed by atoms with van der Waals surface area (Å²) in [5.74, 6) is 2.77. The fraction of sp³-hybridized carbons (Fsp3) is 0.591. The zero-order valence-electron chi connectivity index (χ0n) is 18.2. The number of benzene rings is 1. The Kier molecular flexibility index (Phi) is 8.10. The van der Waals surface area contributed by atoms with Crippen LogP contribution in [0.1, 0.15) is 54.6 Å². The molecule has 1 unspecified atom stereocenters. The van der Waals surface area contributed by atoms with E-state index >= 15 is 0 Å². The highest BCUT2D eigenvalue weighted by Gasteiger charge is 2.27. The minimum absolute atomic E-state index is 0. The third-order valence-corrected chi connectivity index (χ3v) is 6.14. The quantitative estimate of drug-likeness (QED) is 0.377. The Labute approximate surface area is 196 Å². The Balaban J connectivity index is 0.00000256. The summed E-state index contributed by atoms with van der Waals surface area (Å²) in [6, 6.07) is 9.01. The molecular formula is C22H33IN6O. The van der Waals surface area contributed by atoms with Crippen molar-refractivity contribution < 1.29 is 4.74 Å². The largest absolute Gasteiger partial charge is 0.370 e. The molecular weight excluding hydrogens is 491 g/mol. The molecule has 2 aromatic rings. The van der Waals surface area contributed by atoms with E-state index in [0.29, 0.717) is 19.2 Å². The average molecular weight is 524 g/mol. The van der Waals surface area contributed by atoms with Gasteiger partial charge in [-0.15, -0.1) is 34.2 Å². The lowest BCUT2D eigenvalue weighted by molar-refractivity contribution is -0.00857. The highest BCUT2D eigenvalue weighted by Crippen LogP contribution is 2.25. The number of morpholine rings is 1. The van der Waals surface area contributed by atoms with Gasteiger partial charge in [-0.25, -0.2) is 4.99 Å². The normalized spacial score (nSPS) is 20.3. The second-order valence-electron chi connectivity index (χ2n) is 8.15. The molecule has 1 aliphatic heterocycles. The van der Waals surface area contributed by atoms with Gasteiger partial charge in [-0.3, -0.25) is 0 Å². The van der Waals surface area contributed by atoms with E-state index in [1.54, 1.807) is 0 Å². The Morgan fingerprint density at radius 1 is 1.20 bits per heavy atom. The number of aryl methyl sites for hydroxylation is 2. The van der Waals surface area contributed by atoms with Crippen LogP contribution in [0, 0.1) is 13.8 Å². The van der Waals surface area contributed by atoms with Crippen LogP contribution in [0.5, 0.6) is 0 Å². The first kappa shape index (κ1) is 23.0. The predicted octanol–water partition coefficient (Wildman–Crippen LogP) is 3.51. The smallest absolute Gasteiger partial charge is 0.194 e. The van der Waals surface area contributed by atoms with Crippen molar-refractivity contribution in [2.45, 2.75) is 58.2 Å². The van der Waals surface area contributed by atoms with Crippen molar-refractivity contribution in [1.29, 1.82) is 0 Å². The van der Waals surface area contributed by atoms with Gasteiger partial charge in [-0.2, -0.15) is 0 Å². The predicted molar refractivity (Wildman–Crippen MR) is 129 cm³/mol. The van der Waals surface area contributed by atoms with Crippen LogP contribution in [0.4, 0.5) is 0 Å². The topological polar surface area (TPSA) is 67.6 Å². The number of ether oxygens (including phenoxy) is 1. The summed E-state index contributed by atoms with van der Waals surface area (Å²) in [6.45, 7) is 7.00. The molecule has 0 bridgehead atoms. The van der Waals surface area contributed by atoms with Crippen LogP contribution >= 0.6 is 24.0 Å². The summed E-state index contributed by atoms with van der Waals surface area (Å²) in [7, 11) is 1.99. The SMILES string of the molecule is Cc1ccccc1C1CN(C(=NCc2nnc(C)n2C)NC2CCCC2)CCO1.I. The zero-order valence-corrected chi connectivity index (χ0v) is 20.5. The van der Waals surface area contributed by atoms with Gasteiger partial charge in [0.1, 0.15) is 18.5 Å². The Bertz CT molecular complexity index is 861. The molecule has 1 aliphatic carbocycles. The van der Waals surface area contributed by atoms with Gasteiger partial charge in [0.05, 0.1) is 13.2 Å². The lowest BCUT2D eigenvalue weighted by Gasteiger charge is -2.36. The molecule has 0 radical (unpaired) electrons. The molecule has 0 amide bonds. The maximum absolute atomic E-state index is 6.13. The van der Waals surface area contributed by atoms with Gasteiger partial charge in [0.15, 0.2) is 11.8 Å². The number of aromatic nitrogens is 3. The van der Waals surface area contributed by atoms with E-state index in [4.69, 9.17) is 9.73 Å². The van der Waals surface area contributed by atoms with Gasteiger partial charge in [0, 0.05) is 19.6 Å². The van der Waals surface area contributed by atoms with Gasteiger partial charge < -0.3 is 19.5 Å². The van der Waals surface area contributed by atoms with E-state index in [1.165, 1.54) is 36.8 Å². The summed E-state index contributed by atoms with van der Waals surface area (Å²) in [4.78, 5) is 7.31. The number of halogens is 1. The monoisotopic (exact) mass is 524 g/mol. The van der Waals surface area contributed by atoms with Crippen molar-refractivity contribution in [3.63, 3.8) is 0 Å². The second kappa shape index (κ2) is 10.6. The molecule has 2 aliphatic rings. The number of rotatable bonds is 4. The first-order chi connectivity index (χ1) is 14.1. The molecule has 1 aromatic carbocycles. The summed E-state index contributed by atoms with van der Waals surface area (Å²) < 4.78 is 8.14. The molecule has 1 atom stereocenters. The van der Waals surface area contributed by atoms with E-state index in [0.717, 1.165) is 30.7 Å². The van der Waals surface area contributed by atoms with Crippen LogP contribution in [0.25, 0.3) is 0 Å². The van der Waals surface area contributed by atoms with Gasteiger partial charge in [-0.05, 0) is 37.8 Å². The summed E-state index contributed by atoms with van der Waals surface area (Å²) in [5, 5.41) is 12.2. The number of aliphatic imine (C=N–C) groups is 1. The Morgan fingerprint density at radius 3 is 2.67 bits per heavy atom. The molecule has 164 valence electrons. The van der Waals surface area contributed by atoms with E-state index in [2.05, 4.69) is 51.6 Å². The van der Waals surface area contributed by atoms with Crippen LogP contribution in [0.3, 0.4) is 0 Å². The van der Waals surface area contributed by atoms with E-state index in [9.17, 15) is 0 Å². The van der Waals surface area contributed by atoms with Crippen molar-refractivity contribution in [3.05, 3.63) is 47.0 Å². The average Bonchev–Trinajstić information content (AvgIpc) is 3.36. The first-order valence-corrected chi connectivity index (χ1v) is 10.7. The lowest BCUT2D eigenvalue weighted by atomic mass is 10.0. The van der Waals surface area contributed by atoms with Crippen LogP contribution in [0.2, 0.25) is 0 Å². The third kappa shape index (κ3) is 5.32. The van der Waals surface area contributed by atoms with Gasteiger partial charge >= 0.3 is 0 Å².